The Morgan fingerprint density at radius 3 is 1.71 bits per heavy atom. The van der Waals surface area contributed by atoms with Crippen molar-refractivity contribution in [1.82, 2.24) is 0 Å². The van der Waals surface area contributed by atoms with Gasteiger partial charge in [0.25, 0.3) is 0 Å². The van der Waals surface area contributed by atoms with Crippen LogP contribution < -0.4 is 0 Å². The highest BCUT2D eigenvalue weighted by Crippen LogP contribution is 2.43. The maximum Gasteiger partial charge on any atom is 0.472 e. The summed E-state index contributed by atoms with van der Waals surface area (Å²) in [5.41, 5.74) is 0. The summed E-state index contributed by atoms with van der Waals surface area (Å²) in [5.74, 6) is -1.15. The molecule has 0 aromatic carbocycles. The van der Waals surface area contributed by atoms with Crippen LogP contribution in [0.1, 0.15) is 162 Å². The van der Waals surface area contributed by atoms with Gasteiger partial charge < -0.3 is 29.7 Å². The largest absolute Gasteiger partial charge is 0.472 e. The summed E-state index contributed by atoms with van der Waals surface area (Å²) in [7, 11) is -4.68. The quantitative estimate of drug-likeness (QED) is 0.0152. The van der Waals surface area contributed by atoms with Gasteiger partial charge in [0.05, 0.1) is 25.9 Å². The molecule has 0 aromatic rings. The van der Waals surface area contributed by atoms with E-state index in [2.05, 4.69) is 67.0 Å². The van der Waals surface area contributed by atoms with Crippen molar-refractivity contribution >= 4 is 19.8 Å². The van der Waals surface area contributed by atoms with Gasteiger partial charge in [-0.25, -0.2) is 4.57 Å². The molecule has 0 rings (SSSR count). The Labute approximate surface area is 351 Å². The van der Waals surface area contributed by atoms with E-state index in [0.717, 1.165) is 57.8 Å². The Hall–Kier alpha value is -2.63. The predicted molar refractivity (Wildman–Crippen MR) is 234 cm³/mol. The van der Waals surface area contributed by atoms with E-state index in [9.17, 15) is 29.3 Å². The van der Waals surface area contributed by atoms with Crippen LogP contribution in [-0.4, -0.2) is 76.9 Å². The lowest BCUT2D eigenvalue weighted by Crippen LogP contribution is -2.30. The van der Waals surface area contributed by atoms with E-state index in [1.807, 2.05) is 12.2 Å². The van der Waals surface area contributed by atoms with Crippen molar-refractivity contribution in [1.29, 1.82) is 0 Å². The fourth-order valence-electron chi connectivity index (χ4n) is 5.48. The van der Waals surface area contributed by atoms with Gasteiger partial charge in [0.2, 0.25) is 0 Å². The van der Waals surface area contributed by atoms with Crippen molar-refractivity contribution in [2.24, 2.45) is 0 Å². The van der Waals surface area contributed by atoms with Gasteiger partial charge in [0.1, 0.15) is 12.7 Å². The molecule has 0 radical (unpaired) electrons. The standard InChI is InChI=1S/C46H79O11P/c1-3-5-7-9-11-13-15-17-18-19-20-22-24-26-28-30-32-36-45(50)54-40-44(41-56-58(52,53)55-39-43(49)38-47)57-46(51)37-33-35-42(48)34-31-29-27-25-23-21-16-14-12-10-8-6-4-2/h11,13,17-18,20-23,27,29,31,34,42-44,47-49H,3-10,12,14-16,19,24-26,28,30,32-33,35-41H2,1-2H3,(H,52,53)/b13-11-,18-17-,22-20-,23-21+,29-27+,34-31+/t42?,43-,44+/m0/s1. The van der Waals surface area contributed by atoms with E-state index in [0.29, 0.717) is 19.3 Å². The first-order valence-corrected chi connectivity index (χ1v) is 23.5. The molecule has 0 fully saturated rings. The number of phosphoric acid groups is 1. The third-order valence-corrected chi connectivity index (χ3v) is 9.89. The molecule has 0 aliphatic heterocycles. The molecule has 4 atom stereocenters. The molecule has 0 heterocycles. The van der Waals surface area contributed by atoms with Crippen LogP contribution in [0.2, 0.25) is 0 Å². The number of unbranched alkanes of at least 4 members (excludes halogenated alkanes) is 13. The summed E-state index contributed by atoms with van der Waals surface area (Å²) in [6.07, 6.45) is 43.2. The Balaban J connectivity index is 4.53. The Kier molecular flexibility index (Phi) is 39.3. The monoisotopic (exact) mass is 839 g/mol. The molecule has 0 saturated heterocycles. The van der Waals surface area contributed by atoms with Crippen molar-refractivity contribution in [3.8, 4) is 0 Å². The number of ether oxygens (including phenoxy) is 2. The molecule has 0 bridgehead atoms. The Morgan fingerprint density at radius 1 is 0.586 bits per heavy atom. The number of aliphatic hydroxyl groups is 3. The number of allylic oxidation sites excluding steroid dienone is 11. The normalized spacial score (nSPS) is 15.1. The summed E-state index contributed by atoms with van der Waals surface area (Å²) in [6, 6.07) is 0. The maximum atomic E-state index is 12.6. The van der Waals surface area contributed by atoms with Crippen molar-refractivity contribution in [3.05, 3.63) is 72.9 Å². The fourth-order valence-corrected chi connectivity index (χ4v) is 6.27. The van der Waals surface area contributed by atoms with Gasteiger partial charge in [0.15, 0.2) is 6.10 Å². The zero-order valence-electron chi connectivity index (χ0n) is 35.8. The van der Waals surface area contributed by atoms with Crippen LogP contribution in [0.5, 0.6) is 0 Å². The Morgan fingerprint density at radius 2 is 1.09 bits per heavy atom. The summed E-state index contributed by atoms with van der Waals surface area (Å²) in [4.78, 5) is 35.0. The van der Waals surface area contributed by atoms with Crippen LogP contribution in [0.25, 0.3) is 0 Å². The SMILES string of the molecule is CCCCC/C=C\C/C=C\C/C=C\CCCCCCC(=O)OC[C@H](COP(=O)(O)OC[C@@H](O)CO)OC(=O)CCCC(O)/C=C/C=C/C/C=C/CCCCCCCC. The van der Waals surface area contributed by atoms with Gasteiger partial charge in [-0.15, -0.1) is 0 Å². The van der Waals surface area contributed by atoms with Crippen LogP contribution in [0, 0.1) is 0 Å². The highest BCUT2D eigenvalue weighted by atomic mass is 31.2. The maximum absolute atomic E-state index is 12.6. The second kappa shape index (κ2) is 41.1. The fraction of sp³-hybridized carbons (Fsp3) is 0.696. The third-order valence-electron chi connectivity index (χ3n) is 8.94. The predicted octanol–water partition coefficient (Wildman–Crippen LogP) is 10.6. The smallest absolute Gasteiger partial charge is 0.462 e. The zero-order valence-corrected chi connectivity index (χ0v) is 36.7. The molecule has 58 heavy (non-hydrogen) atoms. The average molecular weight is 839 g/mol. The molecule has 2 unspecified atom stereocenters. The molecule has 334 valence electrons. The minimum absolute atomic E-state index is 0.0483. The van der Waals surface area contributed by atoms with Crippen LogP contribution in [-0.2, 0) is 32.7 Å². The van der Waals surface area contributed by atoms with Gasteiger partial charge >= 0.3 is 19.8 Å². The summed E-state index contributed by atoms with van der Waals surface area (Å²) in [5, 5.41) is 28.6. The number of rotatable bonds is 40. The first-order chi connectivity index (χ1) is 28.1. The highest BCUT2D eigenvalue weighted by Gasteiger charge is 2.27. The van der Waals surface area contributed by atoms with Gasteiger partial charge in [0, 0.05) is 12.8 Å². The minimum atomic E-state index is -4.68. The average Bonchev–Trinajstić information content (AvgIpc) is 3.20. The van der Waals surface area contributed by atoms with E-state index in [-0.39, 0.29) is 12.8 Å². The summed E-state index contributed by atoms with van der Waals surface area (Å²) >= 11 is 0. The third kappa shape index (κ3) is 40.2. The molecule has 0 saturated carbocycles. The van der Waals surface area contributed by atoms with E-state index < -0.39 is 64.5 Å². The number of esters is 2. The lowest BCUT2D eigenvalue weighted by molar-refractivity contribution is -0.161. The second-order valence-electron chi connectivity index (χ2n) is 14.6. The van der Waals surface area contributed by atoms with Crippen LogP contribution in [0.15, 0.2) is 72.9 Å². The molecule has 0 spiro atoms. The van der Waals surface area contributed by atoms with E-state index >= 15 is 0 Å². The van der Waals surface area contributed by atoms with Crippen molar-refractivity contribution < 1.29 is 52.9 Å². The lowest BCUT2D eigenvalue weighted by Gasteiger charge is -2.20. The van der Waals surface area contributed by atoms with Crippen LogP contribution >= 0.6 is 7.82 Å². The number of carbonyl (C=O) groups is 2. The van der Waals surface area contributed by atoms with Gasteiger partial charge in [-0.2, -0.15) is 0 Å². The topological polar surface area (TPSA) is 169 Å². The highest BCUT2D eigenvalue weighted by molar-refractivity contribution is 7.47. The first-order valence-electron chi connectivity index (χ1n) is 22.0. The molecule has 0 aliphatic carbocycles. The van der Waals surface area contributed by atoms with Gasteiger partial charge in [-0.1, -0.05) is 145 Å². The Bertz CT molecular complexity index is 1210. The lowest BCUT2D eigenvalue weighted by atomic mass is 10.1. The molecule has 0 aliphatic rings. The minimum Gasteiger partial charge on any atom is -0.462 e. The molecule has 0 amide bonds. The molecule has 0 aromatic heterocycles. The molecular weight excluding hydrogens is 759 g/mol. The number of phosphoric ester groups is 1. The van der Waals surface area contributed by atoms with E-state index in [1.165, 1.54) is 57.8 Å². The zero-order chi connectivity index (χ0) is 42.8. The van der Waals surface area contributed by atoms with Crippen LogP contribution in [0.3, 0.4) is 0 Å². The van der Waals surface area contributed by atoms with E-state index in [4.69, 9.17) is 19.1 Å². The van der Waals surface area contributed by atoms with Crippen LogP contribution in [0.4, 0.5) is 0 Å². The number of carbonyl (C=O) groups excluding carboxylic acids is 2. The number of aliphatic hydroxyl groups excluding tert-OH is 3. The number of hydrogen-bond acceptors (Lipinski definition) is 10. The summed E-state index contributed by atoms with van der Waals surface area (Å²) < 4.78 is 32.5. The van der Waals surface area contributed by atoms with Crippen molar-refractivity contribution in [2.45, 2.75) is 180 Å². The molecule has 11 nitrogen and oxygen atoms in total. The van der Waals surface area contributed by atoms with Gasteiger partial charge in [-0.3, -0.25) is 18.6 Å². The van der Waals surface area contributed by atoms with Gasteiger partial charge in [-0.05, 0) is 77.0 Å². The summed E-state index contributed by atoms with van der Waals surface area (Å²) in [6.45, 7) is 2.09. The number of hydrogen-bond donors (Lipinski definition) is 4. The second-order valence-corrected chi connectivity index (χ2v) is 16.0. The molecule has 4 N–H and O–H groups in total. The van der Waals surface area contributed by atoms with Crippen molar-refractivity contribution in [2.75, 3.05) is 26.4 Å². The van der Waals surface area contributed by atoms with Crippen molar-refractivity contribution in [3.63, 3.8) is 0 Å². The molecule has 12 heteroatoms. The molecular formula is C46H79O11P. The first kappa shape index (κ1) is 55.4. The van der Waals surface area contributed by atoms with E-state index in [1.54, 1.807) is 12.2 Å².